The summed E-state index contributed by atoms with van der Waals surface area (Å²) in [6.07, 6.45) is 0.265. The lowest BCUT2D eigenvalue weighted by Crippen LogP contribution is -2.51. The van der Waals surface area contributed by atoms with E-state index < -0.39 is 11.5 Å². The Bertz CT molecular complexity index is 674. The van der Waals surface area contributed by atoms with Gasteiger partial charge in [0.1, 0.15) is 0 Å². The summed E-state index contributed by atoms with van der Waals surface area (Å²) in [5.74, 6) is -1.41. The van der Waals surface area contributed by atoms with Gasteiger partial charge in [-0.2, -0.15) is 0 Å². The minimum absolute atomic E-state index is 0.265. The van der Waals surface area contributed by atoms with Crippen molar-refractivity contribution in [3.8, 4) is 0 Å². The predicted molar refractivity (Wildman–Crippen MR) is 87.3 cm³/mol. The van der Waals surface area contributed by atoms with Crippen LogP contribution in [0.4, 0.5) is 0 Å². The third-order valence-corrected chi connectivity index (χ3v) is 5.03. The number of thiophene rings is 1. The van der Waals surface area contributed by atoms with Gasteiger partial charge in [-0.3, -0.25) is 4.79 Å². The number of carboxylic acids is 1. The Morgan fingerprint density at radius 1 is 1.23 bits per heavy atom. The predicted octanol–water partition coefficient (Wildman–Crippen LogP) is 3.48. The van der Waals surface area contributed by atoms with E-state index >= 15 is 0 Å². The van der Waals surface area contributed by atoms with Gasteiger partial charge in [0.05, 0.1) is 4.88 Å². The van der Waals surface area contributed by atoms with Crippen molar-refractivity contribution >= 4 is 23.2 Å². The summed E-state index contributed by atoms with van der Waals surface area (Å²) in [4.78, 5) is 26.0. The molecule has 0 spiro atoms. The molecule has 2 aromatic rings. The van der Waals surface area contributed by atoms with Crippen LogP contribution in [0.15, 0.2) is 36.4 Å². The summed E-state index contributed by atoms with van der Waals surface area (Å²) < 4.78 is 0. The van der Waals surface area contributed by atoms with Gasteiger partial charge in [-0.05, 0) is 37.5 Å². The van der Waals surface area contributed by atoms with E-state index in [4.69, 9.17) is 0 Å². The van der Waals surface area contributed by atoms with E-state index in [1.807, 2.05) is 19.9 Å². The lowest BCUT2D eigenvalue weighted by molar-refractivity contribution is -0.145. The fourth-order valence-corrected chi connectivity index (χ4v) is 3.29. The van der Waals surface area contributed by atoms with Crippen molar-refractivity contribution in [2.45, 2.75) is 32.7 Å². The highest BCUT2D eigenvalue weighted by Gasteiger charge is 2.40. The molecule has 1 amide bonds. The summed E-state index contributed by atoms with van der Waals surface area (Å²) >= 11 is 1.38. The Kier molecular flexibility index (Phi) is 4.66. The molecule has 0 saturated heterocycles. The highest BCUT2D eigenvalue weighted by molar-refractivity contribution is 7.14. The van der Waals surface area contributed by atoms with Crippen LogP contribution in [0.3, 0.4) is 0 Å². The number of nitrogens with one attached hydrogen (secondary N) is 1. The molecule has 0 aliphatic carbocycles. The average molecular weight is 317 g/mol. The topological polar surface area (TPSA) is 66.4 Å². The summed E-state index contributed by atoms with van der Waals surface area (Å²) in [7, 11) is 0. The molecule has 0 radical (unpaired) electrons. The molecule has 1 heterocycles. The van der Waals surface area contributed by atoms with Gasteiger partial charge in [0, 0.05) is 4.88 Å². The maximum Gasteiger partial charge on any atom is 0.334 e. The first-order chi connectivity index (χ1) is 10.4. The van der Waals surface area contributed by atoms with Crippen LogP contribution in [0.5, 0.6) is 0 Å². The summed E-state index contributed by atoms with van der Waals surface area (Å²) in [5.41, 5.74) is 0.195. The summed E-state index contributed by atoms with van der Waals surface area (Å²) in [5, 5.41) is 12.4. The van der Waals surface area contributed by atoms with Crippen LogP contribution >= 0.6 is 11.3 Å². The SMILES string of the molecule is CCC(NC(=O)c1cc(C)c(C)s1)(C(=O)O)c1ccccc1. The molecular weight excluding hydrogens is 298 g/mol. The maximum atomic E-state index is 12.5. The molecule has 116 valence electrons. The van der Waals surface area contributed by atoms with Crippen molar-refractivity contribution in [3.05, 3.63) is 57.3 Å². The minimum atomic E-state index is -1.41. The van der Waals surface area contributed by atoms with Crippen LogP contribution in [0.1, 0.15) is 39.0 Å². The quantitative estimate of drug-likeness (QED) is 0.887. The molecule has 0 bridgehead atoms. The third kappa shape index (κ3) is 2.90. The summed E-state index contributed by atoms with van der Waals surface area (Å²) in [6, 6.07) is 10.6. The fourth-order valence-electron chi connectivity index (χ4n) is 2.36. The highest BCUT2D eigenvalue weighted by Crippen LogP contribution is 2.28. The second-order valence-electron chi connectivity index (χ2n) is 5.23. The van der Waals surface area contributed by atoms with Crippen molar-refractivity contribution in [1.82, 2.24) is 5.32 Å². The van der Waals surface area contributed by atoms with Gasteiger partial charge >= 0.3 is 5.97 Å². The first-order valence-electron chi connectivity index (χ1n) is 7.09. The number of hydrogen-bond acceptors (Lipinski definition) is 3. The first-order valence-corrected chi connectivity index (χ1v) is 7.91. The maximum absolute atomic E-state index is 12.5. The van der Waals surface area contributed by atoms with Gasteiger partial charge in [-0.15, -0.1) is 11.3 Å². The van der Waals surface area contributed by atoms with Crippen LogP contribution in [-0.4, -0.2) is 17.0 Å². The number of carboxylic acid groups (broad SMARTS) is 1. The lowest BCUT2D eigenvalue weighted by atomic mass is 9.87. The normalized spacial score (nSPS) is 13.4. The number of carbonyl (C=O) groups excluding carboxylic acids is 1. The monoisotopic (exact) mass is 317 g/mol. The highest BCUT2D eigenvalue weighted by atomic mass is 32.1. The number of benzene rings is 1. The van der Waals surface area contributed by atoms with Crippen molar-refractivity contribution in [2.24, 2.45) is 0 Å². The minimum Gasteiger partial charge on any atom is -0.479 e. The van der Waals surface area contributed by atoms with E-state index in [1.54, 1.807) is 37.3 Å². The smallest absolute Gasteiger partial charge is 0.334 e. The van der Waals surface area contributed by atoms with Crippen molar-refractivity contribution in [1.29, 1.82) is 0 Å². The standard InChI is InChI=1S/C17H19NO3S/c1-4-17(16(20)21,13-8-6-5-7-9-13)18-15(19)14-10-11(2)12(3)22-14/h5-10H,4H2,1-3H3,(H,18,19)(H,20,21). The van der Waals surface area contributed by atoms with Crippen LogP contribution in [0.2, 0.25) is 0 Å². The largest absolute Gasteiger partial charge is 0.479 e. The molecule has 1 atom stereocenters. The Morgan fingerprint density at radius 2 is 1.86 bits per heavy atom. The Hall–Kier alpha value is -2.14. The molecule has 1 unspecified atom stereocenters. The zero-order valence-corrected chi connectivity index (χ0v) is 13.7. The third-order valence-electron chi connectivity index (χ3n) is 3.88. The van der Waals surface area contributed by atoms with E-state index in [9.17, 15) is 14.7 Å². The summed E-state index contributed by atoms with van der Waals surface area (Å²) in [6.45, 7) is 5.63. The lowest BCUT2D eigenvalue weighted by Gasteiger charge is -2.29. The van der Waals surface area contributed by atoms with E-state index in [0.29, 0.717) is 10.4 Å². The van der Waals surface area contributed by atoms with Gasteiger partial charge in [-0.1, -0.05) is 37.3 Å². The van der Waals surface area contributed by atoms with Gasteiger partial charge in [0.25, 0.3) is 5.91 Å². The number of rotatable bonds is 5. The Balaban J connectivity index is 2.39. The van der Waals surface area contributed by atoms with E-state index in [-0.39, 0.29) is 12.3 Å². The van der Waals surface area contributed by atoms with Crippen molar-refractivity contribution in [2.75, 3.05) is 0 Å². The number of aryl methyl sites for hydroxylation is 2. The second-order valence-corrected chi connectivity index (χ2v) is 6.49. The van der Waals surface area contributed by atoms with E-state index in [2.05, 4.69) is 5.32 Å². The average Bonchev–Trinajstić information content (AvgIpc) is 2.85. The van der Waals surface area contributed by atoms with Crippen LogP contribution in [-0.2, 0) is 10.3 Å². The van der Waals surface area contributed by atoms with Crippen molar-refractivity contribution < 1.29 is 14.7 Å². The fraction of sp³-hybridized carbons (Fsp3) is 0.294. The first kappa shape index (κ1) is 16.2. The molecule has 0 saturated carbocycles. The Morgan fingerprint density at radius 3 is 2.32 bits per heavy atom. The molecule has 2 rings (SSSR count). The second kappa shape index (κ2) is 6.32. The molecule has 1 aromatic heterocycles. The van der Waals surface area contributed by atoms with Gasteiger partial charge < -0.3 is 10.4 Å². The zero-order valence-electron chi connectivity index (χ0n) is 12.8. The van der Waals surface area contributed by atoms with E-state index in [1.165, 1.54) is 11.3 Å². The van der Waals surface area contributed by atoms with Crippen LogP contribution in [0.25, 0.3) is 0 Å². The number of carbonyl (C=O) groups is 2. The number of hydrogen-bond donors (Lipinski definition) is 2. The molecule has 5 heteroatoms. The van der Waals surface area contributed by atoms with Gasteiger partial charge in [-0.25, -0.2) is 4.79 Å². The zero-order chi connectivity index (χ0) is 16.3. The molecule has 22 heavy (non-hydrogen) atoms. The van der Waals surface area contributed by atoms with Crippen LogP contribution < -0.4 is 5.32 Å². The molecule has 1 aromatic carbocycles. The van der Waals surface area contributed by atoms with Crippen LogP contribution in [0, 0.1) is 13.8 Å². The molecule has 0 aliphatic heterocycles. The number of aliphatic carboxylic acids is 1. The molecule has 2 N–H and O–H groups in total. The van der Waals surface area contributed by atoms with Gasteiger partial charge in [0.15, 0.2) is 5.54 Å². The molecule has 0 fully saturated rings. The van der Waals surface area contributed by atoms with E-state index in [0.717, 1.165) is 10.4 Å². The van der Waals surface area contributed by atoms with Crippen molar-refractivity contribution in [3.63, 3.8) is 0 Å². The molecule has 4 nitrogen and oxygen atoms in total. The molecular formula is C17H19NO3S. The number of amides is 1. The molecule has 0 aliphatic rings. The Labute approximate surface area is 133 Å². The van der Waals surface area contributed by atoms with Gasteiger partial charge in [0.2, 0.25) is 0 Å².